The van der Waals surface area contributed by atoms with E-state index in [1.165, 1.54) is 0 Å². The topological polar surface area (TPSA) is 3.24 Å². The highest BCUT2D eigenvalue weighted by Gasteiger charge is 2.00. The molecule has 0 aromatic heterocycles. The zero-order valence-electron chi connectivity index (χ0n) is 4.10. The standard InChI is InChI=1S/C5H8BrN/c6-5-7-3-1-2-4-7/h1-2H,3-5H2. The summed E-state index contributed by atoms with van der Waals surface area (Å²) < 4.78 is 0. The Kier molecular flexibility index (Phi) is 1.88. The Morgan fingerprint density at radius 1 is 1.43 bits per heavy atom. The number of halogens is 1. The first-order valence-corrected chi connectivity index (χ1v) is 3.49. The highest BCUT2D eigenvalue weighted by Crippen LogP contribution is 1.99. The van der Waals surface area contributed by atoms with E-state index < -0.39 is 0 Å². The Morgan fingerprint density at radius 2 is 2.00 bits per heavy atom. The maximum absolute atomic E-state index is 3.36. The molecule has 0 N–H and O–H groups in total. The molecule has 0 radical (unpaired) electrons. The van der Waals surface area contributed by atoms with E-state index in [2.05, 4.69) is 33.0 Å². The quantitative estimate of drug-likeness (QED) is 0.318. The third kappa shape index (κ3) is 1.28. The average molecular weight is 162 g/mol. The number of hydrogen-bond acceptors (Lipinski definition) is 1. The van der Waals surface area contributed by atoms with Gasteiger partial charge in [-0.1, -0.05) is 28.1 Å². The minimum atomic E-state index is 1.00. The first-order chi connectivity index (χ1) is 3.43. The molecule has 0 aliphatic carbocycles. The molecule has 0 saturated heterocycles. The maximum atomic E-state index is 3.36. The SMILES string of the molecule is BrCN1CC=CC1. The molecule has 2 heteroatoms. The van der Waals surface area contributed by atoms with E-state index in [-0.39, 0.29) is 0 Å². The smallest absolute Gasteiger partial charge is 0.0548 e. The Hall–Kier alpha value is 0.180. The normalized spacial score (nSPS) is 21.3. The first kappa shape index (κ1) is 5.32. The highest BCUT2D eigenvalue weighted by molar-refractivity contribution is 9.09. The van der Waals surface area contributed by atoms with Crippen LogP contribution in [-0.2, 0) is 0 Å². The van der Waals surface area contributed by atoms with E-state index in [0.29, 0.717) is 0 Å². The molecule has 0 amide bonds. The van der Waals surface area contributed by atoms with Gasteiger partial charge in [-0.3, -0.25) is 4.90 Å². The minimum Gasteiger partial charge on any atom is -0.286 e. The van der Waals surface area contributed by atoms with Gasteiger partial charge < -0.3 is 0 Å². The number of hydrogen-bond donors (Lipinski definition) is 0. The fourth-order valence-corrected chi connectivity index (χ4v) is 1.03. The third-order valence-electron chi connectivity index (χ3n) is 1.06. The second-order valence-electron chi connectivity index (χ2n) is 1.63. The van der Waals surface area contributed by atoms with Crippen LogP contribution in [0.1, 0.15) is 0 Å². The van der Waals surface area contributed by atoms with Crippen LogP contribution >= 0.6 is 15.9 Å². The summed E-state index contributed by atoms with van der Waals surface area (Å²) in [5.74, 6) is 0. The van der Waals surface area contributed by atoms with Gasteiger partial charge in [0.05, 0.1) is 5.45 Å². The largest absolute Gasteiger partial charge is 0.286 e. The van der Waals surface area contributed by atoms with E-state index >= 15 is 0 Å². The molecule has 0 saturated carbocycles. The molecule has 0 aromatic carbocycles. The molecular weight excluding hydrogens is 154 g/mol. The van der Waals surface area contributed by atoms with Crippen LogP contribution < -0.4 is 0 Å². The lowest BCUT2D eigenvalue weighted by atomic mass is 10.6. The molecule has 1 aliphatic rings. The predicted octanol–water partition coefficient (Wildman–Crippen LogP) is 1.21. The lowest BCUT2D eigenvalue weighted by Crippen LogP contribution is -2.16. The van der Waals surface area contributed by atoms with E-state index in [0.717, 1.165) is 18.5 Å². The maximum Gasteiger partial charge on any atom is 0.0548 e. The van der Waals surface area contributed by atoms with Crippen molar-refractivity contribution in [3.05, 3.63) is 12.2 Å². The molecule has 40 valence electrons. The van der Waals surface area contributed by atoms with E-state index in [9.17, 15) is 0 Å². The lowest BCUT2D eigenvalue weighted by Gasteiger charge is -2.07. The molecule has 0 unspecified atom stereocenters. The van der Waals surface area contributed by atoms with Crippen molar-refractivity contribution in [1.29, 1.82) is 0 Å². The fourth-order valence-electron chi connectivity index (χ4n) is 0.619. The Balaban J connectivity index is 2.22. The second kappa shape index (κ2) is 2.48. The molecule has 0 fully saturated rings. The van der Waals surface area contributed by atoms with E-state index in [1.807, 2.05) is 0 Å². The average Bonchev–Trinajstić information content (AvgIpc) is 2.14. The van der Waals surface area contributed by atoms with Crippen LogP contribution in [0.3, 0.4) is 0 Å². The minimum absolute atomic E-state index is 1.00. The summed E-state index contributed by atoms with van der Waals surface area (Å²) in [4.78, 5) is 2.29. The van der Waals surface area contributed by atoms with Gasteiger partial charge in [-0.05, 0) is 0 Å². The molecular formula is C5H8BrN. The summed E-state index contributed by atoms with van der Waals surface area (Å²) in [6.07, 6.45) is 4.36. The highest BCUT2D eigenvalue weighted by atomic mass is 79.9. The molecule has 7 heavy (non-hydrogen) atoms. The van der Waals surface area contributed by atoms with Gasteiger partial charge in [0.15, 0.2) is 0 Å². The van der Waals surface area contributed by atoms with Gasteiger partial charge in [0.2, 0.25) is 0 Å². The lowest BCUT2D eigenvalue weighted by molar-refractivity contribution is 0.422. The van der Waals surface area contributed by atoms with Crippen molar-refractivity contribution in [2.75, 3.05) is 18.5 Å². The summed E-state index contributed by atoms with van der Waals surface area (Å²) in [7, 11) is 0. The third-order valence-corrected chi connectivity index (χ3v) is 1.77. The fraction of sp³-hybridized carbons (Fsp3) is 0.600. The van der Waals surface area contributed by atoms with Gasteiger partial charge in [-0.25, -0.2) is 0 Å². The van der Waals surface area contributed by atoms with Crippen molar-refractivity contribution >= 4 is 15.9 Å². The van der Waals surface area contributed by atoms with Crippen LogP contribution in [0.15, 0.2) is 12.2 Å². The van der Waals surface area contributed by atoms with E-state index in [4.69, 9.17) is 0 Å². The van der Waals surface area contributed by atoms with Gasteiger partial charge >= 0.3 is 0 Å². The molecule has 0 atom stereocenters. The van der Waals surface area contributed by atoms with Crippen molar-refractivity contribution in [2.24, 2.45) is 0 Å². The van der Waals surface area contributed by atoms with Crippen molar-refractivity contribution in [3.63, 3.8) is 0 Å². The molecule has 0 aromatic rings. The van der Waals surface area contributed by atoms with Crippen LogP contribution in [0.2, 0.25) is 0 Å². The second-order valence-corrected chi connectivity index (χ2v) is 2.13. The summed E-state index contributed by atoms with van der Waals surface area (Å²) in [6, 6.07) is 0. The van der Waals surface area contributed by atoms with Crippen LogP contribution in [-0.4, -0.2) is 23.4 Å². The summed E-state index contributed by atoms with van der Waals surface area (Å²) in [5, 5.41) is 0. The Labute approximate surface area is 52.1 Å². The van der Waals surface area contributed by atoms with Gasteiger partial charge in [-0.15, -0.1) is 0 Å². The predicted molar refractivity (Wildman–Crippen MR) is 34.5 cm³/mol. The molecule has 1 rings (SSSR count). The van der Waals surface area contributed by atoms with Gasteiger partial charge in [0, 0.05) is 13.1 Å². The number of alkyl halides is 1. The van der Waals surface area contributed by atoms with Gasteiger partial charge in [0.1, 0.15) is 0 Å². The van der Waals surface area contributed by atoms with Crippen molar-refractivity contribution < 1.29 is 0 Å². The zero-order valence-corrected chi connectivity index (χ0v) is 5.69. The summed E-state index contributed by atoms with van der Waals surface area (Å²) >= 11 is 3.36. The summed E-state index contributed by atoms with van der Waals surface area (Å²) in [6.45, 7) is 2.23. The van der Waals surface area contributed by atoms with Gasteiger partial charge in [0.25, 0.3) is 0 Å². The van der Waals surface area contributed by atoms with Crippen LogP contribution in [0.5, 0.6) is 0 Å². The van der Waals surface area contributed by atoms with Gasteiger partial charge in [-0.2, -0.15) is 0 Å². The van der Waals surface area contributed by atoms with Crippen LogP contribution in [0.25, 0.3) is 0 Å². The number of nitrogens with zero attached hydrogens (tertiary/aromatic N) is 1. The molecule has 0 spiro atoms. The molecule has 1 heterocycles. The zero-order chi connectivity index (χ0) is 5.11. The number of rotatable bonds is 1. The van der Waals surface area contributed by atoms with E-state index in [1.54, 1.807) is 0 Å². The Morgan fingerprint density at radius 3 is 2.29 bits per heavy atom. The van der Waals surface area contributed by atoms with Crippen molar-refractivity contribution in [2.45, 2.75) is 0 Å². The van der Waals surface area contributed by atoms with Crippen molar-refractivity contribution in [1.82, 2.24) is 4.90 Å². The van der Waals surface area contributed by atoms with Crippen LogP contribution in [0.4, 0.5) is 0 Å². The van der Waals surface area contributed by atoms with Crippen LogP contribution in [0, 0.1) is 0 Å². The molecule has 1 nitrogen and oxygen atoms in total. The molecule has 0 bridgehead atoms. The monoisotopic (exact) mass is 161 g/mol. The molecule has 1 aliphatic heterocycles. The van der Waals surface area contributed by atoms with Crippen molar-refractivity contribution in [3.8, 4) is 0 Å². The first-order valence-electron chi connectivity index (χ1n) is 2.37. The summed E-state index contributed by atoms with van der Waals surface area (Å²) in [5.41, 5.74) is 1.00. The Bertz CT molecular complexity index is 72.1.